The molecule has 2 N–H and O–H groups in total. The molecule has 1 aromatic carbocycles. The molecule has 0 spiro atoms. The Morgan fingerprint density at radius 3 is 2.62 bits per heavy atom. The molecule has 0 unspecified atom stereocenters. The van der Waals surface area contributed by atoms with Crippen LogP contribution in [-0.4, -0.2) is 57.5 Å². The Hall–Kier alpha value is -3.53. The predicted molar refractivity (Wildman–Crippen MR) is 141 cm³/mol. The third-order valence-corrected chi connectivity index (χ3v) is 8.52. The van der Waals surface area contributed by atoms with Gasteiger partial charge >= 0.3 is 5.97 Å². The van der Waals surface area contributed by atoms with Gasteiger partial charge in [0.1, 0.15) is 11.9 Å². The van der Waals surface area contributed by atoms with Gasteiger partial charge in [-0.15, -0.1) is 0 Å². The molecule has 9 heteroatoms. The van der Waals surface area contributed by atoms with Crippen molar-refractivity contribution in [3.63, 3.8) is 0 Å². The van der Waals surface area contributed by atoms with Gasteiger partial charge in [0.2, 0.25) is 6.29 Å². The summed E-state index contributed by atoms with van der Waals surface area (Å²) < 4.78 is 17.3. The first-order valence-corrected chi connectivity index (χ1v) is 13.2. The number of aliphatic hydroxyl groups is 2. The predicted octanol–water partition coefficient (Wildman–Crippen LogP) is 1.02. The number of ether oxygens (including phenoxy) is 3. The van der Waals surface area contributed by atoms with Crippen LogP contribution in [0.4, 0.5) is 0 Å². The Kier molecular flexibility index (Phi) is 5.60. The molecule has 1 saturated heterocycles. The lowest BCUT2D eigenvalue weighted by Crippen LogP contribution is -2.64. The van der Waals surface area contributed by atoms with E-state index in [9.17, 15) is 24.6 Å². The summed E-state index contributed by atoms with van der Waals surface area (Å²) in [5.41, 5.74) is 0.125. The number of hydrogen-bond donors (Lipinski definition) is 2. The van der Waals surface area contributed by atoms with E-state index in [0.717, 1.165) is 24.2 Å². The van der Waals surface area contributed by atoms with Crippen molar-refractivity contribution in [2.24, 2.45) is 0 Å². The van der Waals surface area contributed by atoms with E-state index in [1.54, 1.807) is 26.8 Å². The average Bonchev–Trinajstić information content (AvgIpc) is 3.63. The summed E-state index contributed by atoms with van der Waals surface area (Å²) in [6.07, 6.45) is 0.244. The van der Waals surface area contributed by atoms with E-state index in [4.69, 9.17) is 14.2 Å². The molecule has 1 saturated carbocycles. The van der Waals surface area contributed by atoms with Gasteiger partial charge in [0.05, 0.1) is 11.7 Å². The van der Waals surface area contributed by atoms with Crippen molar-refractivity contribution in [1.29, 1.82) is 0 Å². The number of allylic oxidation sites excluding steroid dienone is 5. The van der Waals surface area contributed by atoms with Crippen LogP contribution in [0.3, 0.4) is 0 Å². The molecule has 0 radical (unpaired) electrons. The van der Waals surface area contributed by atoms with Gasteiger partial charge in [-0.3, -0.25) is 9.59 Å². The zero-order valence-electron chi connectivity index (χ0n) is 22.5. The van der Waals surface area contributed by atoms with Crippen LogP contribution in [0, 0.1) is 0 Å². The first-order valence-electron chi connectivity index (χ1n) is 13.2. The molecular weight excluding hydrogens is 502 g/mol. The number of carbonyl (C=O) groups excluding carboxylic acids is 2. The number of fused-ring (bicyclic) bond motifs is 5. The summed E-state index contributed by atoms with van der Waals surface area (Å²) in [5, 5.41) is 23.9. The maximum absolute atomic E-state index is 13.7. The fraction of sp³-hybridized carbons (Fsp3) is 0.433. The Balaban J connectivity index is 1.55. The number of aliphatic hydroxyl groups excluding tert-OH is 1. The standard InChI is InChI=1S/C30H31NO8/c1-7-12(2)28(35)38-26-16(6)37-29-30(36,27(26)34)23-20(32)11-19-21(14(4)25(23)39-29)18-10-13(3)31(17-8-9-17)15(5)22(18)24(19)33/h7,10-11,16-17,26-27,29,34,36H,4,8-9H2,1-3,5-6H3/b12-7-/t16-,26+,27-,29+,30-/m1/s1. The average molecular weight is 534 g/mol. The van der Waals surface area contributed by atoms with Crippen molar-refractivity contribution in [3.05, 3.63) is 72.5 Å². The van der Waals surface area contributed by atoms with Gasteiger partial charge in [0, 0.05) is 44.6 Å². The molecule has 9 nitrogen and oxygen atoms in total. The first-order chi connectivity index (χ1) is 18.4. The maximum atomic E-state index is 13.7. The quantitative estimate of drug-likeness (QED) is 0.433. The molecule has 6 rings (SSSR count). The Bertz CT molecular complexity index is 1630. The van der Waals surface area contributed by atoms with Gasteiger partial charge in [-0.1, -0.05) is 12.7 Å². The second-order valence-electron chi connectivity index (χ2n) is 11.0. The van der Waals surface area contributed by atoms with E-state index in [2.05, 4.69) is 11.5 Å². The molecule has 2 aliphatic carbocycles. The smallest absolute Gasteiger partial charge is 0.333 e. The Morgan fingerprint density at radius 2 is 1.97 bits per heavy atom. The number of esters is 1. The van der Waals surface area contributed by atoms with Crippen LogP contribution in [0.2, 0.25) is 0 Å². The van der Waals surface area contributed by atoms with Crippen LogP contribution in [0.25, 0.3) is 12.2 Å². The second kappa shape index (κ2) is 8.48. The van der Waals surface area contributed by atoms with Crippen molar-refractivity contribution in [2.45, 2.75) is 83.7 Å². The maximum Gasteiger partial charge on any atom is 0.333 e. The molecule has 3 aliphatic heterocycles. The number of Topliss-reactive ketones (excluding diaryl/α,β-unsaturated/α-hetero) is 1. The third-order valence-electron chi connectivity index (χ3n) is 8.52. The van der Waals surface area contributed by atoms with Crippen LogP contribution in [0.5, 0.6) is 5.75 Å². The normalized spacial score (nSPS) is 31.3. The molecule has 5 atom stereocenters. The fourth-order valence-corrected chi connectivity index (χ4v) is 6.26. The SMILES string of the molecule is C=c1c2c(c(=O)cc3c1=C1C=C(C)N(C4CC4)C(C)=C1C3=O)[C@]1(O)[C@H](O2)O[C@H](C)[C@H](OC(=O)/C(C)=C\C)[C@H]1O. The minimum atomic E-state index is -2.36. The molecule has 5 aliphatic rings. The lowest BCUT2D eigenvalue weighted by Gasteiger charge is -2.44. The molecular formula is C30H31NO8. The lowest BCUT2D eigenvalue weighted by atomic mass is 9.82. The van der Waals surface area contributed by atoms with E-state index in [1.807, 2.05) is 19.9 Å². The van der Waals surface area contributed by atoms with Gasteiger partial charge < -0.3 is 29.3 Å². The van der Waals surface area contributed by atoms with E-state index in [-0.39, 0.29) is 27.9 Å². The van der Waals surface area contributed by atoms with Crippen molar-refractivity contribution < 1.29 is 34.0 Å². The van der Waals surface area contributed by atoms with Crippen LogP contribution < -0.4 is 20.6 Å². The van der Waals surface area contributed by atoms with Crippen LogP contribution in [0.15, 0.2) is 45.6 Å². The summed E-state index contributed by atoms with van der Waals surface area (Å²) >= 11 is 0. The minimum absolute atomic E-state index is 0.0495. The van der Waals surface area contributed by atoms with Gasteiger partial charge in [-0.2, -0.15) is 0 Å². The molecule has 0 amide bonds. The summed E-state index contributed by atoms with van der Waals surface area (Å²) in [5.74, 6) is -1.03. The highest BCUT2D eigenvalue weighted by atomic mass is 16.7. The van der Waals surface area contributed by atoms with E-state index in [1.165, 1.54) is 6.07 Å². The van der Waals surface area contributed by atoms with E-state index in [0.29, 0.717) is 28.0 Å². The summed E-state index contributed by atoms with van der Waals surface area (Å²) in [6.45, 7) is 12.9. The van der Waals surface area contributed by atoms with Crippen molar-refractivity contribution in [3.8, 4) is 5.75 Å². The van der Waals surface area contributed by atoms with Gasteiger partial charge in [-0.25, -0.2) is 4.79 Å². The van der Waals surface area contributed by atoms with E-state index >= 15 is 0 Å². The Labute approximate surface area is 225 Å². The second-order valence-corrected chi connectivity index (χ2v) is 11.0. The summed E-state index contributed by atoms with van der Waals surface area (Å²) in [7, 11) is 0. The number of hydrogen-bond acceptors (Lipinski definition) is 9. The molecule has 1 aromatic rings. The first kappa shape index (κ1) is 25.7. The zero-order valence-corrected chi connectivity index (χ0v) is 22.5. The lowest BCUT2D eigenvalue weighted by molar-refractivity contribution is -0.309. The third kappa shape index (κ3) is 3.39. The number of carbonyl (C=O) groups is 2. The molecule has 204 valence electrons. The Morgan fingerprint density at radius 1 is 1.28 bits per heavy atom. The molecule has 2 fully saturated rings. The molecule has 0 bridgehead atoms. The molecule has 0 aromatic heterocycles. The van der Waals surface area contributed by atoms with Crippen molar-refractivity contribution in [1.82, 2.24) is 4.90 Å². The molecule has 39 heavy (non-hydrogen) atoms. The topological polar surface area (TPSA) is 123 Å². The van der Waals surface area contributed by atoms with Crippen LogP contribution >= 0.6 is 0 Å². The minimum Gasteiger partial charge on any atom is -0.460 e. The highest BCUT2D eigenvalue weighted by Crippen LogP contribution is 2.46. The number of ketones is 1. The van der Waals surface area contributed by atoms with Crippen LogP contribution in [-0.2, 0) is 19.9 Å². The fourth-order valence-electron chi connectivity index (χ4n) is 6.26. The highest BCUT2D eigenvalue weighted by molar-refractivity contribution is 6.23. The largest absolute Gasteiger partial charge is 0.460 e. The number of nitrogens with zero attached hydrogens (tertiary/aromatic N) is 1. The van der Waals surface area contributed by atoms with Crippen molar-refractivity contribution >= 4 is 23.9 Å². The van der Waals surface area contributed by atoms with Gasteiger partial charge in [-0.05, 0) is 65.2 Å². The van der Waals surface area contributed by atoms with Gasteiger partial charge in [0.15, 0.2) is 22.9 Å². The van der Waals surface area contributed by atoms with Gasteiger partial charge in [0.25, 0.3) is 0 Å². The molecule has 3 heterocycles. The number of rotatable bonds is 3. The summed E-state index contributed by atoms with van der Waals surface area (Å²) in [4.78, 5) is 42.1. The zero-order chi connectivity index (χ0) is 28.1. The van der Waals surface area contributed by atoms with Crippen LogP contribution in [0.1, 0.15) is 63.4 Å². The van der Waals surface area contributed by atoms with E-state index < -0.39 is 41.6 Å². The monoisotopic (exact) mass is 533 g/mol. The summed E-state index contributed by atoms with van der Waals surface area (Å²) in [6, 6.07) is 1.54. The highest BCUT2D eigenvalue weighted by Gasteiger charge is 2.63. The van der Waals surface area contributed by atoms with Crippen molar-refractivity contribution in [2.75, 3.05) is 0 Å².